The van der Waals surface area contributed by atoms with Crippen LogP contribution in [0.15, 0.2) is 54.6 Å². The van der Waals surface area contributed by atoms with Gasteiger partial charge in [0.05, 0.1) is 14.2 Å². The second kappa shape index (κ2) is 9.54. The van der Waals surface area contributed by atoms with Crippen LogP contribution in [0.2, 0.25) is 0 Å². The number of carbonyl (C=O) groups is 1. The number of aromatic nitrogens is 2. The molecule has 1 amide bonds. The Hall–Kier alpha value is -3.61. The molecular formula is C22H24N4O3. The first kappa shape index (κ1) is 20.1. The van der Waals surface area contributed by atoms with Gasteiger partial charge in [-0.25, -0.2) is 0 Å². The van der Waals surface area contributed by atoms with Gasteiger partial charge in [0.25, 0.3) is 5.91 Å². The Bertz CT molecular complexity index is 974. The average molecular weight is 392 g/mol. The number of nitrogens with zero attached hydrogens (tertiary/aromatic N) is 2. The average Bonchev–Trinajstić information content (AvgIpc) is 2.78. The van der Waals surface area contributed by atoms with Gasteiger partial charge in [-0.3, -0.25) is 4.79 Å². The molecule has 3 rings (SSSR count). The van der Waals surface area contributed by atoms with Crippen LogP contribution in [0.3, 0.4) is 0 Å². The SMILES string of the molecule is CCc1ccccc1Nc1ccc(C(=O)NCc2ccc(OC)c(OC)c2)nn1. The van der Waals surface area contributed by atoms with E-state index in [2.05, 4.69) is 33.8 Å². The van der Waals surface area contributed by atoms with E-state index >= 15 is 0 Å². The fourth-order valence-corrected chi connectivity index (χ4v) is 2.87. The molecule has 1 aromatic heterocycles. The minimum Gasteiger partial charge on any atom is -0.493 e. The second-order valence-corrected chi connectivity index (χ2v) is 6.31. The summed E-state index contributed by atoms with van der Waals surface area (Å²) in [4.78, 5) is 12.4. The molecule has 3 aromatic rings. The van der Waals surface area contributed by atoms with E-state index in [9.17, 15) is 4.79 Å². The standard InChI is InChI=1S/C22H24N4O3/c1-4-16-7-5-6-8-17(16)24-21-12-10-18(25-26-21)22(27)23-14-15-9-11-19(28-2)20(13-15)29-3/h5-13H,4,14H2,1-3H3,(H,23,27)(H,24,26). The molecule has 2 N–H and O–H groups in total. The van der Waals surface area contributed by atoms with E-state index in [1.165, 1.54) is 5.56 Å². The van der Waals surface area contributed by atoms with Crippen molar-refractivity contribution in [2.24, 2.45) is 0 Å². The van der Waals surface area contributed by atoms with Crippen LogP contribution in [0.25, 0.3) is 0 Å². The van der Waals surface area contributed by atoms with Crippen molar-refractivity contribution < 1.29 is 14.3 Å². The van der Waals surface area contributed by atoms with Crippen molar-refractivity contribution in [3.05, 3.63) is 71.4 Å². The summed E-state index contributed by atoms with van der Waals surface area (Å²) in [6.07, 6.45) is 0.910. The molecule has 2 aromatic carbocycles. The molecule has 7 nitrogen and oxygen atoms in total. The van der Waals surface area contributed by atoms with E-state index in [4.69, 9.17) is 9.47 Å². The van der Waals surface area contributed by atoms with Gasteiger partial charge in [-0.1, -0.05) is 31.2 Å². The number of hydrogen-bond donors (Lipinski definition) is 2. The van der Waals surface area contributed by atoms with Gasteiger partial charge in [-0.2, -0.15) is 0 Å². The predicted octanol–water partition coefficient (Wildman–Crippen LogP) is 3.73. The predicted molar refractivity (Wildman–Crippen MR) is 112 cm³/mol. The van der Waals surface area contributed by atoms with Gasteiger partial charge in [-0.15, -0.1) is 10.2 Å². The number of hydrogen-bond acceptors (Lipinski definition) is 6. The fraction of sp³-hybridized carbons (Fsp3) is 0.227. The van der Waals surface area contributed by atoms with Gasteiger partial charge in [0.15, 0.2) is 23.0 Å². The molecule has 29 heavy (non-hydrogen) atoms. The van der Waals surface area contributed by atoms with Gasteiger partial charge in [-0.05, 0) is 47.9 Å². The van der Waals surface area contributed by atoms with E-state index in [-0.39, 0.29) is 11.6 Å². The number of benzene rings is 2. The van der Waals surface area contributed by atoms with E-state index in [1.54, 1.807) is 32.4 Å². The molecule has 0 atom stereocenters. The summed E-state index contributed by atoms with van der Waals surface area (Å²) >= 11 is 0. The maximum Gasteiger partial charge on any atom is 0.272 e. The molecule has 0 spiro atoms. The Morgan fingerprint density at radius 1 is 0.966 bits per heavy atom. The normalized spacial score (nSPS) is 10.3. The topological polar surface area (TPSA) is 85.4 Å². The van der Waals surface area contributed by atoms with Crippen molar-refractivity contribution in [3.63, 3.8) is 0 Å². The van der Waals surface area contributed by atoms with Crippen LogP contribution < -0.4 is 20.1 Å². The highest BCUT2D eigenvalue weighted by molar-refractivity contribution is 5.92. The number of anilines is 2. The van der Waals surface area contributed by atoms with E-state index < -0.39 is 0 Å². The molecule has 0 aliphatic carbocycles. The highest BCUT2D eigenvalue weighted by atomic mass is 16.5. The van der Waals surface area contributed by atoms with Crippen molar-refractivity contribution in [1.82, 2.24) is 15.5 Å². The first-order valence-electron chi connectivity index (χ1n) is 9.32. The summed E-state index contributed by atoms with van der Waals surface area (Å²) in [5.74, 6) is 1.54. The van der Waals surface area contributed by atoms with Crippen LogP contribution >= 0.6 is 0 Å². The zero-order valence-corrected chi connectivity index (χ0v) is 16.7. The summed E-state index contributed by atoms with van der Waals surface area (Å²) in [6, 6.07) is 16.9. The molecule has 0 saturated heterocycles. The number of carbonyl (C=O) groups excluding carboxylic acids is 1. The number of amides is 1. The monoisotopic (exact) mass is 392 g/mol. The number of rotatable bonds is 8. The third kappa shape index (κ3) is 5.01. The highest BCUT2D eigenvalue weighted by Gasteiger charge is 2.10. The minimum atomic E-state index is -0.298. The first-order valence-corrected chi connectivity index (χ1v) is 9.32. The largest absolute Gasteiger partial charge is 0.493 e. The number of methoxy groups -OCH3 is 2. The van der Waals surface area contributed by atoms with Gasteiger partial charge in [0.1, 0.15) is 0 Å². The van der Waals surface area contributed by atoms with Gasteiger partial charge >= 0.3 is 0 Å². The molecule has 0 bridgehead atoms. The Balaban J connectivity index is 1.62. The maximum atomic E-state index is 12.4. The molecule has 0 radical (unpaired) electrons. The van der Waals surface area contributed by atoms with Crippen LogP contribution in [-0.4, -0.2) is 30.3 Å². The number of ether oxygens (including phenoxy) is 2. The molecule has 0 fully saturated rings. The second-order valence-electron chi connectivity index (χ2n) is 6.31. The molecule has 150 valence electrons. The third-order valence-electron chi connectivity index (χ3n) is 4.46. The van der Waals surface area contributed by atoms with E-state index in [1.807, 2.05) is 30.3 Å². The Labute approximate surface area is 170 Å². The molecule has 7 heteroatoms. The van der Waals surface area contributed by atoms with Crippen LogP contribution in [-0.2, 0) is 13.0 Å². The number of aryl methyl sites for hydroxylation is 1. The smallest absolute Gasteiger partial charge is 0.272 e. The van der Waals surface area contributed by atoms with Crippen molar-refractivity contribution >= 4 is 17.4 Å². The summed E-state index contributed by atoms with van der Waals surface area (Å²) in [6.45, 7) is 2.43. The summed E-state index contributed by atoms with van der Waals surface area (Å²) in [5, 5.41) is 14.2. The molecule has 0 aliphatic heterocycles. The zero-order chi connectivity index (χ0) is 20.6. The quantitative estimate of drug-likeness (QED) is 0.608. The molecule has 1 heterocycles. The summed E-state index contributed by atoms with van der Waals surface area (Å²) < 4.78 is 10.5. The lowest BCUT2D eigenvalue weighted by atomic mass is 10.1. The Kier molecular flexibility index (Phi) is 6.63. The van der Waals surface area contributed by atoms with Crippen LogP contribution in [0.4, 0.5) is 11.5 Å². The van der Waals surface area contributed by atoms with Crippen LogP contribution in [0, 0.1) is 0 Å². The van der Waals surface area contributed by atoms with Crippen LogP contribution in [0.1, 0.15) is 28.5 Å². The lowest BCUT2D eigenvalue weighted by Crippen LogP contribution is -2.24. The third-order valence-corrected chi connectivity index (χ3v) is 4.46. The Morgan fingerprint density at radius 3 is 2.45 bits per heavy atom. The van der Waals surface area contributed by atoms with Gasteiger partial charge in [0.2, 0.25) is 0 Å². The van der Waals surface area contributed by atoms with Crippen molar-refractivity contribution in [2.45, 2.75) is 19.9 Å². The van der Waals surface area contributed by atoms with Crippen molar-refractivity contribution in [3.8, 4) is 11.5 Å². The van der Waals surface area contributed by atoms with E-state index in [0.717, 1.165) is 17.7 Å². The maximum absolute atomic E-state index is 12.4. The minimum absolute atomic E-state index is 0.250. The molecule has 0 aliphatic rings. The lowest BCUT2D eigenvalue weighted by Gasteiger charge is -2.11. The fourth-order valence-electron chi connectivity index (χ4n) is 2.87. The summed E-state index contributed by atoms with van der Waals surface area (Å²) in [7, 11) is 3.15. The number of nitrogens with one attached hydrogen (secondary N) is 2. The Morgan fingerprint density at radius 2 is 1.76 bits per heavy atom. The lowest BCUT2D eigenvalue weighted by molar-refractivity contribution is 0.0945. The zero-order valence-electron chi connectivity index (χ0n) is 16.7. The van der Waals surface area contributed by atoms with Crippen molar-refractivity contribution in [2.75, 3.05) is 19.5 Å². The molecular weight excluding hydrogens is 368 g/mol. The van der Waals surface area contributed by atoms with Gasteiger partial charge in [0, 0.05) is 12.2 Å². The first-order chi connectivity index (χ1) is 14.1. The summed E-state index contributed by atoms with van der Waals surface area (Å²) in [5.41, 5.74) is 3.30. The number of para-hydroxylation sites is 1. The van der Waals surface area contributed by atoms with E-state index in [0.29, 0.717) is 23.9 Å². The molecule has 0 saturated carbocycles. The van der Waals surface area contributed by atoms with Crippen molar-refractivity contribution in [1.29, 1.82) is 0 Å². The highest BCUT2D eigenvalue weighted by Crippen LogP contribution is 2.27. The molecule has 0 unspecified atom stereocenters. The van der Waals surface area contributed by atoms with Gasteiger partial charge < -0.3 is 20.1 Å². The van der Waals surface area contributed by atoms with Crippen LogP contribution in [0.5, 0.6) is 11.5 Å².